The number of hydrogen-bond donors (Lipinski definition) is 2. The van der Waals surface area contributed by atoms with Crippen molar-refractivity contribution in [2.75, 3.05) is 18.4 Å². The van der Waals surface area contributed by atoms with Crippen LogP contribution in [0.1, 0.15) is 34.3 Å². The Balaban J connectivity index is 1.18. The molecule has 3 heterocycles. The van der Waals surface area contributed by atoms with Crippen molar-refractivity contribution in [3.05, 3.63) is 83.6 Å². The molecule has 1 saturated heterocycles. The molecule has 35 heavy (non-hydrogen) atoms. The molecule has 0 bridgehead atoms. The van der Waals surface area contributed by atoms with Crippen molar-refractivity contribution in [2.45, 2.75) is 30.7 Å². The topological polar surface area (TPSA) is 91.0 Å². The second kappa shape index (κ2) is 10.3. The summed E-state index contributed by atoms with van der Waals surface area (Å²) >= 11 is 1.64. The Labute approximate surface area is 208 Å². The third kappa shape index (κ3) is 5.38. The Morgan fingerprint density at radius 1 is 1.11 bits per heavy atom. The number of benzene rings is 2. The molecular weight excluding hydrogens is 458 g/mol. The summed E-state index contributed by atoms with van der Waals surface area (Å²) in [6.07, 6.45) is 3.23. The number of carbonyl (C=O) groups excluding carboxylic acids is 2. The second-order valence-electron chi connectivity index (χ2n) is 8.79. The molecular formula is C27H27N5O2S. The molecule has 1 fully saturated rings. The number of aromatic amines is 1. The molecule has 1 unspecified atom stereocenters. The third-order valence-corrected chi connectivity index (χ3v) is 7.22. The quantitative estimate of drug-likeness (QED) is 0.373. The normalized spacial score (nSPS) is 15.8. The highest BCUT2D eigenvalue weighted by atomic mass is 32.2. The number of nitrogens with zero attached hydrogens (tertiary/aromatic N) is 3. The van der Waals surface area contributed by atoms with Crippen LogP contribution in [0.15, 0.2) is 72.0 Å². The smallest absolute Gasteiger partial charge is 0.253 e. The highest BCUT2D eigenvalue weighted by Gasteiger charge is 2.29. The number of aromatic nitrogens is 3. The number of thioether (sulfide) groups is 1. The van der Waals surface area contributed by atoms with E-state index >= 15 is 0 Å². The Bertz CT molecular complexity index is 1320. The van der Waals surface area contributed by atoms with Crippen molar-refractivity contribution in [3.8, 4) is 0 Å². The van der Waals surface area contributed by atoms with Crippen molar-refractivity contribution in [2.24, 2.45) is 5.92 Å². The zero-order chi connectivity index (χ0) is 24.2. The van der Waals surface area contributed by atoms with E-state index in [-0.39, 0.29) is 17.7 Å². The zero-order valence-electron chi connectivity index (χ0n) is 19.5. The van der Waals surface area contributed by atoms with E-state index < -0.39 is 0 Å². The number of nitrogens with one attached hydrogen (secondary N) is 2. The van der Waals surface area contributed by atoms with Crippen molar-refractivity contribution in [1.29, 1.82) is 0 Å². The third-order valence-electron chi connectivity index (χ3n) is 6.27. The number of likely N-dealkylation sites (tertiary alicyclic amines) is 1. The van der Waals surface area contributed by atoms with Crippen LogP contribution in [-0.4, -0.2) is 44.8 Å². The van der Waals surface area contributed by atoms with Gasteiger partial charge in [0.1, 0.15) is 5.82 Å². The number of aryl methyl sites for hydroxylation is 1. The van der Waals surface area contributed by atoms with Gasteiger partial charge in [0.15, 0.2) is 5.16 Å². The Kier molecular flexibility index (Phi) is 6.81. The molecule has 2 N–H and O–H groups in total. The van der Waals surface area contributed by atoms with Crippen LogP contribution >= 0.6 is 11.8 Å². The van der Waals surface area contributed by atoms with Crippen molar-refractivity contribution < 1.29 is 9.59 Å². The maximum atomic E-state index is 13.1. The Hall–Kier alpha value is -3.65. The van der Waals surface area contributed by atoms with Crippen LogP contribution in [0.2, 0.25) is 0 Å². The number of imidazole rings is 1. The number of H-pyrrole nitrogens is 1. The van der Waals surface area contributed by atoms with E-state index in [1.807, 2.05) is 67.6 Å². The fourth-order valence-electron chi connectivity index (χ4n) is 4.29. The highest BCUT2D eigenvalue weighted by molar-refractivity contribution is 7.98. The lowest BCUT2D eigenvalue weighted by Gasteiger charge is -2.32. The maximum absolute atomic E-state index is 13.1. The van der Waals surface area contributed by atoms with E-state index in [0.29, 0.717) is 24.5 Å². The van der Waals surface area contributed by atoms with Gasteiger partial charge < -0.3 is 15.2 Å². The number of hydrogen-bond acceptors (Lipinski definition) is 5. The molecule has 1 aliphatic rings. The first-order chi connectivity index (χ1) is 17.1. The zero-order valence-corrected chi connectivity index (χ0v) is 20.3. The number of anilines is 1. The molecule has 4 aromatic rings. The molecule has 5 rings (SSSR count). The van der Waals surface area contributed by atoms with Gasteiger partial charge in [-0.05, 0) is 61.2 Å². The first kappa shape index (κ1) is 23.1. The van der Waals surface area contributed by atoms with E-state index in [1.54, 1.807) is 22.9 Å². The fraction of sp³-hybridized carbons (Fsp3) is 0.259. The average molecular weight is 486 g/mol. The largest absolute Gasteiger partial charge is 0.338 e. The number of amides is 2. The summed E-state index contributed by atoms with van der Waals surface area (Å²) in [6, 6.07) is 19.4. The van der Waals surface area contributed by atoms with E-state index in [0.717, 1.165) is 45.9 Å². The number of carbonyl (C=O) groups is 2. The predicted octanol–water partition coefficient (Wildman–Crippen LogP) is 5.05. The number of fused-ring (bicyclic) bond motifs is 1. The summed E-state index contributed by atoms with van der Waals surface area (Å²) in [5.74, 6) is 0.980. The van der Waals surface area contributed by atoms with Crippen LogP contribution in [0.25, 0.3) is 11.0 Å². The van der Waals surface area contributed by atoms with Gasteiger partial charge in [-0.15, -0.1) is 0 Å². The number of para-hydroxylation sites is 2. The summed E-state index contributed by atoms with van der Waals surface area (Å²) in [5, 5.41) is 3.80. The molecule has 2 aromatic carbocycles. The van der Waals surface area contributed by atoms with Gasteiger partial charge in [0.2, 0.25) is 5.91 Å². The van der Waals surface area contributed by atoms with Gasteiger partial charge in [0.05, 0.1) is 17.0 Å². The molecule has 1 aliphatic heterocycles. The van der Waals surface area contributed by atoms with Gasteiger partial charge in [-0.3, -0.25) is 9.59 Å². The molecule has 0 spiro atoms. The van der Waals surface area contributed by atoms with Crippen LogP contribution < -0.4 is 5.32 Å². The fourth-order valence-corrected chi connectivity index (χ4v) is 5.13. The van der Waals surface area contributed by atoms with E-state index in [4.69, 9.17) is 0 Å². The summed E-state index contributed by atoms with van der Waals surface area (Å²) in [6.45, 7) is 2.99. The molecule has 0 radical (unpaired) electrons. The summed E-state index contributed by atoms with van der Waals surface area (Å²) in [4.78, 5) is 39.9. The van der Waals surface area contributed by atoms with Gasteiger partial charge in [-0.25, -0.2) is 9.97 Å². The Morgan fingerprint density at radius 2 is 1.94 bits per heavy atom. The first-order valence-corrected chi connectivity index (χ1v) is 12.7. The molecule has 2 amide bonds. The van der Waals surface area contributed by atoms with E-state index in [9.17, 15) is 9.59 Å². The Morgan fingerprint density at radius 3 is 2.74 bits per heavy atom. The SMILES string of the molecule is Cc1cccnc1NC(=O)C1CCCN(C(=O)c2ccc(CSc3nc4ccccc4[nH]3)cc2)C1. The van der Waals surface area contributed by atoms with Crippen LogP contribution in [0, 0.1) is 12.8 Å². The van der Waals surface area contributed by atoms with Crippen LogP contribution in [0.3, 0.4) is 0 Å². The van der Waals surface area contributed by atoms with Crippen LogP contribution in [0.4, 0.5) is 5.82 Å². The van der Waals surface area contributed by atoms with Gasteiger partial charge >= 0.3 is 0 Å². The molecule has 1 atom stereocenters. The van der Waals surface area contributed by atoms with Gasteiger partial charge in [0, 0.05) is 30.6 Å². The molecule has 0 aliphatic carbocycles. The van der Waals surface area contributed by atoms with Crippen LogP contribution in [0.5, 0.6) is 0 Å². The molecule has 8 heteroatoms. The summed E-state index contributed by atoms with van der Waals surface area (Å²) in [7, 11) is 0. The minimum absolute atomic E-state index is 0.0343. The predicted molar refractivity (Wildman–Crippen MR) is 138 cm³/mol. The van der Waals surface area contributed by atoms with Crippen molar-refractivity contribution in [1.82, 2.24) is 19.9 Å². The minimum atomic E-state index is -0.242. The lowest BCUT2D eigenvalue weighted by molar-refractivity contribution is -0.121. The summed E-state index contributed by atoms with van der Waals surface area (Å²) in [5.41, 5.74) is 4.67. The molecule has 2 aromatic heterocycles. The van der Waals surface area contributed by atoms with Gasteiger partial charge in [-0.1, -0.05) is 42.1 Å². The van der Waals surface area contributed by atoms with Gasteiger partial charge in [0.25, 0.3) is 5.91 Å². The first-order valence-electron chi connectivity index (χ1n) is 11.7. The molecule has 178 valence electrons. The van der Waals surface area contributed by atoms with E-state index in [1.165, 1.54) is 0 Å². The highest BCUT2D eigenvalue weighted by Crippen LogP contribution is 2.24. The maximum Gasteiger partial charge on any atom is 0.253 e. The van der Waals surface area contributed by atoms with Crippen LogP contribution in [-0.2, 0) is 10.5 Å². The lowest BCUT2D eigenvalue weighted by Crippen LogP contribution is -2.43. The van der Waals surface area contributed by atoms with Crippen molar-refractivity contribution >= 4 is 40.4 Å². The second-order valence-corrected chi connectivity index (χ2v) is 9.76. The molecule has 7 nitrogen and oxygen atoms in total. The number of piperidine rings is 1. The number of pyridine rings is 1. The lowest BCUT2D eigenvalue weighted by atomic mass is 9.96. The standard InChI is InChI=1S/C27H27N5O2S/c1-18-6-4-14-28-24(18)31-25(33)21-7-5-15-32(16-21)26(34)20-12-10-19(11-13-20)17-35-27-29-22-8-2-3-9-23(22)30-27/h2-4,6,8-14,21H,5,7,15-17H2,1H3,(H,29,30)(H,28,31,33). The van der Waals surface area contributed by atoms with Crippen molar-refractivity contribution in [3.63, 3.8) is 0 Å². The van der Waals surface area contributed by atoms with E-state index in [2.05, 4.69) is 20.3 Å². The molecule has 0 saturated carbocycles. The monoisotopic (exact) mass is 485 g/mol. The summed E-state index contributed by atoms with van der Waals surface area (Å²) < 4.78 is 0. The number of rotatable bonds is 6. The van der Waals surface area contributed by atoms with Gasteiger partial charge in [-0.2, -0.15) is 0 Å². The average Bonchev–Trinajstić information content (AvgIpc) is 3.32. The minimum Gasteiger partial charge on any atom is -0.338 e.